The minimum Gasteiger partial charge on any atom is -0.465 e. The van der Waals surface area contributed by atoms with E-state index in [0.717, 1.165) is 4.90 Å². The standard InChI is InChI=1S/C22H21N3O7/c1-22(14-7-5-4-6-8-14)20(29)25(21(30)24-22)12-17(26)23-16-11-13(18(27)31-2)9-10-15(16)19(28)32-3/h4-11H,12H2,1-3H3,(H,23,26)(H,24,30). The quantitative estimate of drug-likeness (QED) is 0.517. The van der Waals surface area contributed by atoms with E-state index in [2.05, 4.69) is 15.4 Å². The zero-order chi connectivity index (χ0) is 23.5. The maximum atomic E-state index is 13.0. The predicted octanol–water partition coefficient (Wildman–Crippen LogP) is 1.67. The maximum Gasteiger partial charge on any atom is 0.339 e. The zero-order valence-corrected chi connectivity index (χ0v) is 17.6. The summed E-state index contributed by atoms with van der Waals surface area (Å²) in [6, 6.07) is 11.8. The molecule has 4 amide bonds. The van der Waals surface area contributed by atoms with Crippen LogP contribution in [0.2, 0.25) is 0 Å². The molecule has 0 saturated carbocycles. The van der Waals surface area contributed by atoms with Gasteiger partial charge in [-0.1, -0.05) is 30.3 Å². The Labute approximate surface area is 183 Å². The number of ether oxygens (including phenoxy) is 2. The van der Waals surface area contributed by atoms with Crippen molar-refractivity contribution in [2.45, 2.75) is 12.5 Å². The molecule has 166 valence electrons. The summed E-state index contributed by atoms with van der Waals surface area (Å²) >= 11 is 0. The summed E-state index contributed by atoms with van der Waals surface area (Å²) in [5, 5.41) is 5.07. The molecule has 2 N–H and O–H groups in total. The second-order valence-corrected chi connectivity index (χ2v) is 7.10. The lowest BCUT2D eigenvalue weighted by Crippen LogP contribution is -2.42. The molecule has 1 aliphatic heterocycles. The van der Waals surface area contributed by atoms with Crippen LogP contribution in [0, 0.1) is 0 Å². The molecule has 10 heteroatoms. The molecule has 0 aromatic heterocycles. The molecule has 0 bridgehead atoms. The van der Waals surface area contributed by atoms with Gasteiger partial charge in [-0.2, -0.15) is 0 Å². The van der Waals surface area contributed by atoms with E-state index in [1.54, 1.807) is 37.3 Å². The molecule has 1 saturated heterocycles. The third-order valence-electron chi connectivity index (χ3n) is 5.05. The van der Waals surface area contributed by atoms with Crippen molar-refractivity contribution in [3.05, 3.63) is 65.2 Å². The molecule has 10 nitrogen and oxygen atoms in total. The van der Waals surface area contributed by atoms with Crippen LogP contribution < -0.4 is 10.6 Å². The lowest BCUT2D eigenvalue weighted by molar-refractivity contribution is -0.133. The first kappa shape index (κ1) is 22.5. The van der Waals surface area contributed by atoms with Crippen LogP contribution in [-0.4, -0.2) is 55.4 Å². The Morgan fingerprint density at radius 2 is 1.66 bits per heavy atom. The number of benzene rings is 2. The van der Waals surface area contributed by atoms with Crippen molar-refractivity contribution >= 4 is 35.5 Å². The molecular formula is C22H21N3O7. The molecule has 3 rings (SSSR count). The van der Waals surface area contributed by atoms with E-state index < -0.39 is 41.9 Å². The summed E-state index contributed by atoms with van der Waals surface area (Å²) in [6.07, 6.45) is 0. The number of nitrogens with one attached hydrogen (secondary N) is 2. The fourth-order valence-electron chi connectivity index (χ4n) is 3.32. The van der Waals surface area contributed by atoms with Crippen LogP contribution in [0.3, 0.4) is 0 Å². The van der Waals surface area contributed by atoms with Crippen LogP contribution in [0.25, 0.3) is 0 Å². The number of methoxy groups -OCH3 is 2. The van der Waals surface area contributed by atoms with Crippen LogP contribution in [0.4, 0.5) is 10.5 Å². The number of carbonyl (C=O) groups is 5. The maximum absolute atomic E-state index is 13.0. The number of imide groups is 1. The van der Waals surface area contributed by atoms with Gasteiger partial charge in [0.15, 0.2) is 0 Å². The molecule has 2 aromatic rings. The summed E-state index contributed by atoms with van der Waals surface area (Å²) in [4.78, 5) is 62.7. The SMILES string of the molecule is COC(=O)c1ccc(C(=O)OC)c(NC(=O)CN2C(=O)NC(C)(c3ccccc3)C2=O)c1. The van der Waals surface area contributed by atoms with Gasteiger partial charge in [-0.05, 0) is 30.7 Å². The molecule has 1 aliphatic rings. The molecule has 0 radical (unpaired) electrons. The van der Waals surface area contributed by atoms with Crippen molar-refractivity contribution in [2.75, 3.05) is 26.1 Å². The number of hydrogen-bond donors (Lipinski definition) is 2. The van der Waals surface area contributed by atoms with Gasteiger partial charge in [0, 0.05) is 0 Å². The van der Waals surface area contributed by atoms with E-state index in [1.165, 1.54) is 32.4 Å². The summed E-state index contributed by atoms with van der Waals surface area (Å²) in [7, 11) is 2.36. The Morgan fingerprint density at radius 1 is 1.00 bits per heavy atom. The monoisotopic (exact) mass is 439 g/mol. The molecule has 1 atom stereocenters. The third-order valence-corrected chi connectivity index (χ3v) is 5.05. The summed E-state index contributed by atoms with van der Waals surface area (Å²) in [6.45, 7) is 0.950. The van der Waals surface area contributed by atoms with Gasteiger partial charge in [0.2, 0.25) is 5.91 Å². The van der Waals surface area contributed by atoms with Crippen LogP contribution in [0.1, 0.15) is 33.2 Å². The number of anilines is 1. The minimum atomic E-state index is -1.32. The number of carbonyl (C=O) groups excluding carboxylic acids is 5. The van der Waals surface area contributed by atoms with Gasteiger partial charge in [0.1, 0.15) is 12.1 Å². The average molecular weight is 439 g/mol. The highest BCUT2D eigenvalue weighted by atomic mass is 16.5. The average Bonchev–Trinajstić information content (AvgIpc) is 3.02. The largest absolute Gasteiger partial charge is 0.465 e. The minimum absolute atomic E-state index is 0.0140. The lowest BCUT2D eigenvalue weighted by atomic mass is 9.92. The Kier molecular flexibility index (Phi) is 6.24. The summed E-state index contributed by atoms with van der Waals surface area (Å²) in [5.41, 5.74) is -0.704. The van der Waals surface area contributed by atoms with Crippen molar-refractivity contribution in [3.8, 4) is 0 Å². The highest BCUT2D eigenvalue weighted by Crippen LogP contribution is 2.28. The van der Waals surface area contributed by atoms with Crippen molar-refractivity contribution in [1.82, 2.24) is 10.2 Å². The second-order valence-electron chi connectivity index (χ2n) is 7.10. The van der Waals surface area contributed by atoms with E-state index in [4.69, 9.17) is 4.74 Å². The van der Waals surface area contributed by atoms with Gasteiger partial charge in [0.25, 0.3) is 5.91 Å². The smallest absolute Gasteiger partial charge is 0.339 e. The Hall–Kier alpha value is -4.21. The highest BCUT2D eigenvalue weighted by Gasteiger charge is 2.49. The first-order valence-corrected chi connectivity index (χ1v) is 9.51. The summed E-state index contributed by atoms with van der Waals surface area (Å²) in [5.74, 6) is -2.77. The lowest BCUT2D eigenvalue weighted by Gasteiger charge is -2.22. The van der Waals surface area contributed by atoms with Gasteiger partial charge in [0.05, 0.1) is 31.0 Å². The predicted molar refractivity (Wildman–Crippen MR) is 112 cm³/mol. The van der Waals surface area contributed by atoms with Crippen LogP contribution in [0.15, 0.2) is 48.5 Å². The van der Waals surface area contributed by atoms with Crippen molar-refractivity contribution in [2.24, 2.45) is 0 Å². The molecular weight excluding hydrogens is 418 g/mol. The van der Waals surface area contributed by atoms with Gasteiger partial charge >= 0.3 is 18.0 Å². The topological polar surface area (TPSA) is 131 Å². The van der Waals surface area contributed by atoms with Crippen molar-refractivity contribution in [3.63, 3.8) is 0 Å². The van der Waals surface area contributed by atoms with Crippen LogP contribution in [-0.2, 0) is 24.6 Å². The van der Waals surface area contributed by atoms with E-state index in [9.17, 15) is 24.0 Å². The van der Waals surface area contributed by atoms with E-state index >= 15 is 0 Å². The third kappa shape index (κ3) is 4.15. The Bertz CT molecular complexity index is 1100. The van der Waals surface area contributed by atoms with Crippen LogP contribution >= 0.6 is 0 Å². The first-order valence-electron chi connectivity index (χ1n) is 9.51. The van der Waals surface area contributed by atoms with E-state index in [0.29, 0.717) is 5.56 Å². The number of amides is 4. The van der Waals surface area contributed by atoms with Crippen molar-refractivity contribution < 1.29 is 33.4 Å². The normalized spacial score (nSPS) is 17.5. The Balaban J connectivity index is 1.82. The number of hydrogen-bond acceptors (Lipinski definition) is 7. The molecule has 1 unspecified atom stereocenters. The fraction of sp³-hybridized carbons (Fsp3) is 0.227. The van der Waals surface area contributed by atoms with Gasteiger partial charge in [-0.3, -0.25) is 14.5 Å². The second kappa shape index (κ2) is 8.88. The molecule has 0 aliphatic carbocycles. The first-order chi connectivity index (χ1) is 15.2. The number of nitrogens with zero attached hydrogens (tertiary/aromatic N) is 1. The molecule has 1 heterocycles. The van der Waals surface area contributed by atoms with Crippen molar-refractivity contribution in [1.29, 1.82) is 0 Å². The molecule has 2 aromatic carbocycles. The Morgan fingerprint density at radius 3 is 2.28 bits per heavy atom. The zero-order valence-electron chi connectivity index (χ0n) is 17.6. The highest BCUT2D eigenvalue weighted by molar-refractivity contribution is 6.11. The van der Waals surface area contributed by atoms with Gasteiger partial charge in [-0.15, -0.1) is 0 Å². The molecule has 32 heavy (non-hydrogen) atoms. The fourth-order valence-corrected chi connectivity index (χ4v) is 3.32. The van der Waals surface area contributed by atoms with Gasteiger partial charge < -0.3 is 20.1 Å². The molecule has 1 fully saturated rings. The van der Waals surface area contributed by atoms with Gasteiger partial charge in [-0.25, -0.2) is 14.4 Å². The molecule has 0 spiro atoms. The van der Waals surface area contributed by atoms with E-state index in [-0.39, 0.29) is 16.8 Å². The number of rotatable bonds is 6. The van der Waals surface area contributed by atoms with E-state index in [1.807, 2.05) is 0 Å². The summed E-state index contributed by atoms with van der Waals surface area (Å²) < 4.78 is 9.34. The van der Waals surface area contributed by atoms with Crippen LogP contribution in [0.5, 0.6) is 0 Å². The number of esters is 2. The number of urea groups is 1.